The van der Waals surface area contributed by atoms with Crippen LogP contribution in [0.15, 0.2) is 90.7 Å². The van der Waals surface area contributed by atoms with Crippen molar-refractivity contribution in [2.75, 3.05) is 13.7 Å². The average Bonchev–Trinajstić information content (AvgIpc) is 2.81. The summed E-state index contributed by atoms with van der Waals surface area (Å²) in [5.74, 6) is 3.47. The maximum atomic E-state index is 6.15. The molecule has 0 fully saturated rings. The maximum Gasteiger partial charge on any atom is 0.130 e. The number of benzene rings is 3. The number of hydrogen-bond acceptors (Lipinski definition) is 3. The van der Waals surface area contributed by atoms with Gasteiger partial charge < -0.3 is 14.2 Å². The molecule has 1 aliphatic carbocycles. The lowest BCUT2D eigenvalue weighted by molar-refractivity contribution is 0.246. The Hall–Kier alpha value is -3.46. The van der Waals surface area contributed by atoms with Gasteiger partial charge in [-0.15, -0.1) is 0 Å². The first kappa shape index (κ1) is 19.8. The van der Waals surface area contributed by atoms with Crippen LogP contribution in [0, 0.1) is 0 Å². The van der Waals surface area contributed by atoms with Gasteiger partial charge in [0.1, 0.15) is 23.0 Å². The van der Waals surface area contributed by atoms with Crippen LogP contribution in [0.2, 0.25) is 0 Å². The fourth-order valence-corrected chi connectivity index (χ4v) is 3.68. The van der Waals surface area contributed by atoms with Crippen molar-refractivity contribution < 1.29 is 14.2 Å². The molecule has 0 spiro atoms. The molecule has 1 aliphatic rings. The molecule has 0 aromatic heterocycles. The van der Waals surface area contributed by atoms with Gasteiger partial charge in [0.2, 0.25) is 0 Å². The first-order chi connectivity index (χ1) is 14.8. The van der Waals surface area contributed by atoms with E-state index in [1.54, 1.807) is 7.11 Å². The Kier molecular flexibility index (Phi) is 6.19. The van der Waals surface area contributed by atoms with E-state index in [-0.39, 0.29) is 0 Å². The van der Waals surface area contributed by atoms with Gasteiger partial charge in [-0.05, 0) is 67.3 Å². The molecule has 0 bridgehead atoms. The largest absolute Gasteiger partial charge is 0.497 e. The molecule has 3 nitrogen and oxygen atoms in total. The Bertz CT molecular complexity index is 1030. The lowest BCUT2D eigenvalue weighted by atomic mass is 9.88. The molecule has 3 aromatic rings. The summed E-state index contributed by atoms with van der Waals surface area (Å²) in [6.45, 7) is 2.66. The predicted molar refractivity (Wildman–Crippen MR) is 122 cm³/mol. The standard InChI is InChI=1S/C27H26O3/c1-3-29-27-25(20-12-16-22(28-2)17-13-20)10-7-11-26(27)21-14-18-24(19-15-21)30-23-8-5-4-6-9-23/h4-6,8-9,11-19H,3,7,10H2,1-2H3. The summed E-state index contributed by atoms with van der Waals surface area (Å²) in [6, 6.07) is 26.2. The van der Waals surface area contributed by atoms with Crippen LogP contribution in [0.25, 0.3) is 11.1 Å². The quantitative estimate of drug-likeness (QED) is 0.424. The van der Waals surface area contributed by atoms with Gasteiger partial charge in [0.15, 0.2) is 0 Å². The van der Waals surface area contributed by atoms with Crippen molar-refractivity contribution in [1.82, 2.24) is 0 Å². The molecular weight excluding hydrogens is 372 g/mol. The van der Waals surface area contributed by atoms with E-state index in [0.29, 0.717) is 6.61 Å². The Labute approximate surface area is 178 Å². The lowest BCUT2D eigenvalue weighted by Gasteiger charge is -2.23. The van der Waals surface area contributed by atoms with Gasteiger partial charge in [0, 0.05) is 11.1 Å². The molecule has 0 aliphatic heterocycles. The van der Waals surface area contributed by atoms with E-state index < -0.39 is 0 Å². The van der Waals surface area contributed by atoms with Gasteiger partial charge in [-0.2, -0.15) is 0 Å². The maximum absolute atomic E-state index is 6.15. The highest BCUT2D eigenvalue weighted by Gasteiger charge is 2.20. The minimum atomic E-state index is 0.627. The van der Waals surface area contributed by atoms with Gasteiger partial charge >= 0.3 is 0 Å². The van der Waals surface area contributed by atoms with Crippen LogP contribution >= 0.6 is 0 Å². The zero-order valence-electron chi connectivity index (χ0n) is 17.4. The number of hydrogen-bond donors (Lipinski definition) is 0. The van der Waals surface area contributed by atoms with Crippen LogP contribution < -0.4 is 9.47 Å². The molecule has 0 radical (unpaired) electrons. The van der Waals surface area contributed by atoms with E-state index >= 15 is 0 Å². The third-order valence-corrected chi connectivity index (χ3v) is 5.13. The van der Waals surface area contributed by atoms with Crippen molar-refractivity contribution in [3.63, 3.8) is 0 Å². The Balaban J connectivity index is 1.63. The molecule has 0 N–H and O–H groups in total. The number of rotatable bonds is 7. The van der Waals surface area contributed by atoms with Gasteiger partial charge in [-0.1, -0.05) is 48.5 Å². The van der Waals surface area contributed by atoms with Gasteiger partial charge in [0.05, 0.1) is 13.7 Å². The van der Waals surface area contributed by atoms with Gasteiger partial charge in [-0.3, -0.25) is 0 Å². The van der Waals surface area contributed by atoms with E-state index in [9.17, 15) is 0 Å². The highest BCUT2D eigenvalue weighted by Crippen LogP contribution is 2.39. The van der Waals surface area contributed by atoms with E-state index in [2.05, 4.69) is 30.3 Å². The summed E-state index contributed by atoms with van der Waals surface area (Å²) in [4.78, 5) is 0. The molecule has 0 amide bonds. The second-order valence-electron chi connectivity index (χ2n) is 7.07. The summed E-state index contributed by atoms with van der Waals surface area (Å²) in [5, 5.41) is 0. The second-order valence-corrected chi connectivity index (χ2v) is 7.07. The third-order valence-electron chi connectivity index (χ3n) is 5.13. The van der Waals surface area contributed by atoms with Crippen molar-refractivity contribution >= 4 is 11.1 Å². The summed E-state index contributed by atoms with van der Waals surface area (Å²) in [7, 11) is 1.69. The van der Waals surface area contributed by atoms with Crippen molar-refractivity contribution in [3.8, 4) is 17.2 Å². The summed E-state index contributed by atoms with van der Waals surface area (Å²) < 4.78 is 17.4. The fraction of sp³-hybridized carbons (Fsp3) is 0.185. The van der Waals surface area contributed by atoms with E-state index in [0.717, 1.165) is 47.0 Å². The van der Waals surface area contributed by atoms with Crippen LogP contribution in [-0.4, -0.2) is 13.7 Å². The molecule has 0 unspecified atom stereocenters. The Morgan fingerprint density at radius 3 is 2.03 bits per heavy atom. The molecule has 3 aromatic carbocycles. The molecule has 0 atom stereocenters. The number of para-hydroxylation sites is 1. The van der Waals surface area contributed by atoms with Crippen molar-refractivity contribution in [1.29, 1.82) is 0 Å². The molecule has 0 heterocycles. The Morgan fingerprint density at radius 2 is 1.37 bits per heavy atom. The smallest absolute Gasteiger partial charge is 0.130 e. The predicted octanol–water partition coefficient (Wildman–Crippen LogP) is 7.11. The van der Waals surface area contributed by atoms with Crippen molar-refractivity contribution in [3.05, 3.63) is 102 Å². The van der Waals surface area contributed by atoms with E-state index in [4.69, 9.17) is 14.2 Å². The van der Waals surface area contributed by atoms with Crippen LogP contribution in [0.4, 0.5) is 0 Å². The highest BCUT2D eigenvalue weighted by molar-refractivity contribution is 5.89. The minimum absolute atomic E-state index is 0.627. The van der Waals surface area contributed by atoms with Crippen LogP contribution in [-0.2, 0) is 4.74 Å². The summed E-state index contributed by atoms with van der Waals surface area (Å²) >= 11 is 0. The first-order valence-electron chi connectivity index (χ1n) is 10.3. The number of allylic oxidation sites excluding steroid dienone is 3. The summed E-state index contributed by atoms with van der Waals surface area (Å²) in [6.07, 6.45) is 4.21. The zero-order chi connectivity index (χ0) is 20.8. The highest BCUT2D eigenvalue weighted by atomic mass is 16.5. The third kappa shape index (κ3) is 4.41. The van der Waals surface area contributed by atoms with E-state index in [1.807, 2.05) is 61.5 Å². The SMILES string of the molecule is CCOC1=C(c2ccc(OC)cc2)CCC=C1c1ccc(Oc2ccccc2)cc1. The van der Waals surface area contributed by atoms with Crippen LogP contribution in [0.5, 0.6) is 17.2 Å². The molecule has 0 saturated carbocycles. The zero-order valence-corrected chi connectivity index (χ0v) is 17.4. The molecule has 4 rings (SSSR count). The monoisotopic (exact) mass is 398 g/mol. The van der Waals surface area contributed by atoms with Crippen LogP contribution in [0.1, 0.15) is 30.9 Å². The molecule has 30 heavy (non-hydrogen) atoms. The fourth-order valence-electron chi connectivity index (χ4n) is 3.68. The normalized spacial score (nSPS) is 13.6. The molecule has 3 heteroatoms. The number of methoxy groups -OCH3 is 1. The van der Waals surface area contributed by atoms with Crippen molar-refractivity contribution in [2.45, 2.75) is 19.8 Å². The first-order valence-corrected chi connectivity index (χ1v) is 10.3. The lowest BCUT2D eigenvalue weighted by Crippen LogP contribution is -2.05. The molecular formula is C27H26O3. The second kappa shape index (κ2) is 9.36. The minimum Gasteiger partial charge on any atom is -0.497 e. The molecule has 152 valence electrons. The van der Waals surface area contributed by atoms with E-state index in [1.165, 1.54) is 11.1 Å². The summed E-state index contributed by atoms with van der Waals surface area (Å²) in [5.41, 5.74) is 4.68. The van der Waals surface area contributed by atoms with Gasteiger partial charge in [-0.25, -0.2) is 0 Å². The van der Waals surface area contributed by atoms with Gasteiger partial charge in [0.25, 0.3) is 0 Å². The van der Waals surface area contributed by atoms with Crippen LogP contribution in [0.3, 0.4) is 0 Å². The average molecular weight is 399 g/mol. The Morgan fingerprint density at radius 1 is 0.733 bits per heavy atom. The van der Waals surface area contributed by atoms with Crippen molar-refractivity contribution in [2.24, 2.45) is 0 Å². The topological polar surface area (TPSA) is 27.7 Å². The molecule has 0 saturated heterocycles. The number of ether oxygens (including phenoxy) is 3.